The van der Waals surface area contributed by atoms with E-state index >= 15 is 0 Å². The Hall–Kier alpha value is -1.61. The molecule has 1 aromatic rings. The molecular weight excluding hydrogens is 269 g/mol. The molecule has 19 heavy (non-hydrogen) atoms. The van der Waals surface area contributed by atoms with E-state index in [1.807, 2.05) is 0 Å². The first-order valence-corrected chi connectivity index (χ1v) is 5.52. The smallest absolute Gasteiger partial charge is 0.394 e. The lowest BCUT2D eigenvalue weighted by atomic mass is 10.2. The molecule has 2 N–H and O–H groups in total. The molecule has 0 amide bonds. The number of nitrogens with zero attached hydrogens (tertiary/aromatic N) is 1. The van der Waals surface area contributed by atoms with Crippen LogP contribution in [0.3, 0.4) is 0 Å². The van der Waals surface area contributed by atoms with E-state index in [1.165, 1.54) is 0 Å². The number of hydrogen-bond donors (Lipinski definition) is 2. The van der Waals surface area contributed by atoms with Crippen LogP contribution in [0.15, 0.2) is 15.8 Å². The Morgan fingerprint density at radius 3 is 2.63 bits per heavy atom. The van der Waals surface area contributed by atoms with Gasteiger partial charge in [0, 0.05) is 6.20 Å². The van der Waals surface area contributed by atoms with E-state index in [2.05, 4.69) is 0 Å². The highest BCUT2D eigenvalue weighted by Crippen LogP contribution is 2.29. The summed E-state index contributed by atoms with van der Waals surface area (Å²) in [4.78, 5) is 24.2. The second kappa shape index (κ2) is 4.82. The Balaban J connectivity index is 2.42. The average molecular weight is 280 g/mol. The number of hydrogen-bond acceptors (Lipinski definition) is 4. The molecule has 106 valence electrons. The first-order valence-electron chi connectivity index (χ1n) is 5.52. The molecule has 0 unspecified atom stereocenters. The third-order valence-electron chi connectivity index (χ3n) is 2.87. The van der Waals surface area contributed by atoms with Crippen molar-refractivity contribution in [1.82, 2.24) is 9.55 Å². The summed E-state index contributed by atoms with van der Waals surface area (Å²) in [5.74, 6) is 0. The van der Waals surface area contributed by atoms with E-state index in [9.17, 15) is 22.8 Å². The quantitative estimate of drug-likeness (QED) is 0.812. The highest BCUT2D eigenvalue weighted by Gasteiger charge is 2.36. The molecule has 0 aliphatic carbocycles. The van der Waals surface area contributed by atoms with Crippen LogP contribution in [0, 0.1) is 0 Å². The van der Waals surface area contributed by atoms with E-state index in [0.29, 0.717) is 17.2 Å². The van der Waals surface area contributed by atoms with Crippen LogP contribution in [-0.4, -0.2) is 27.4 Å². The summed E-state index contributed by atoms with van der Waals surface area (Å²) in [6, 6.07) is 0. The van der Waals surface area contributed by atoms with E-state index in [4.69, 9.17) is 9.84 Å². The van der Waals surface area contributed by atoms with Crippen molar-refractivity contribution in [2.45, 2.75) is 31.3 Å². The van der Waals surface area contributed by atoms with Crippen LogP contribution in [0.25, 0.3) is 0 Å². The summed E-state index contributed by atoms with van der Waals surface area (Å²) in [7, 11) is 0. The van der Waals surface area contributed by atoms with E-state index in [0.717, 1.165) is 0 Å². The Labute approximate surface area is 104 Å². The number of aliphatic hydroxyl groups is 1. The molecule has 1 fully saturated rings. The minimum Gasteiger partial charge on any atom is -0.394 e. The Morgan fingerprint density at radius 2 is 2.11 bits per heavy atom. The van der Waals surface area contributed by atoms with Crippen molar-refractivity contribution in [1.29, 1.82) is 0 Å². The summed E-state index contributed by atoms with van der Waals surface area (Å²) in [6.07, 6.45) is -5.12. The van der Waals surface area contributed by atoms with Gasteiger partial charge in [0.25, 0.3) is 5.56 Å². The lowest BCUT2D eigenvalue weighted by Gasteiger charge is -2.16. The first-order chi connectivity index (χ1) is 8.82. The summed E-state index contributed by atoms with van der Waals surface area (Å²) in [6.45, 7) is -0.277. The number of alkyl halides is 3. The number of aromatic amines is 1. The topological polar surface area (TPSA) is 84.3 Å². The van der Waals surface area contributed by atoms with Gasteiger partial charge in [0.05, 0.1) is 12.7 Å². The molecule has 2 rings (SSSR count). The minimum absolute atomic E-state index is 0.277. The van der Waals surface area contributed by atoms with Crippen molar-refractivity contribution in [2.24, 2.45) is 0 Å². The lowest BCUT2D eigenvalue weighted by Crippen LogP contribution is -2.36. The zero-order valence-electron chi connectivity index (χ0n) is 9.61. The van der Waals surface area contributed by atoms with Crippen LogP contribution < -0.4 is 11.2 Å². The second-order valence-corrected chi connectivity index (χ2v) is 4.18. The van der Waals surface area contributed by atoms with Gasteiger partial charge in [-0.05, 0) is 12.8 Å². The van der Waals surface area contributed by atoms with Crippen LogP contribution >= 0.6 is 0 Å². The van der Waals surface area contributed by atoms with Crippen LogP contribution in [0.4, 0.5) is 13.2 Å². The fraction of sp³-hybridized carbons (Fsp3) is 0.600. The standard InChI is InChI=1S/C10H11F3N2O4/c11-10(12,13)6-3-15(9(18)14-8(6)17)7-2-1-5(4-16)19-7/h3,5,7,16H,1-2,4H2,(H,14,17,18)/t5-,7-/m1/s1. The van der Waals surface area contributed by atoms with Crippen LogP contribution in [0.1, 0.15) is 24.6 Å². The van der Waals surface area contributed by atoms with Crippen LogP contribution in [-0.2, 0) is 10.9 Å². The zero-order chi connectivity index (χ0) is 14.2. The summed E-state index contributed by atoms with van der Waals surface area (Å²) < 4.78 is 43.6. The van der Waals surface area contributed by atoms with Crippen LogP contribution in [0.2, 0.25) is 0 Å². The molecule has 0 radical (unpaired) electrons. The maximum Gasteiger partial charge on any atom is 0.423 e. The molecule has 0 spiro atoms. The predicted octanol–water partition coefficient (Wildman–Crippen LogP) is 0.225. The number of aromatic nitrogens is 2. The van der Waals surface area contributed by atoms with E-state index < -0.39 is 35.3 Å². The molecule has 0 bridgehead atoms. The summed E-state index contributed by atoms with van der Waals surface area (Å²) >= 11 is 0. The van der Waals surface area contributed by atoms with Gasteiger partial charge in [0.1, 0.15) is 11.8 Å². The molecule has 2 atom stereocenters. The maximum atomic E-state index is 12.6. The summed E-state index contributed by atoms with van der Waals surface area (Å²) in [5.41, 5.74) is -3.91. The highest BCUT2D eigenvalue weighted by atomic mass is 19.4. The van der Waals surface area contributed by atoms with Gasteiger partial charge in [-0.2, -0.15) is 13.2 Å². The fourth-order valence-corrected chi connectivity index (χ4v) is 1.93. The van der Waals surface area contributed by atoms with Crippen molar-refractivity contribution < 1.29 is 23.0 Å². The van der Waals surface area contributed by atoms with Gasteiger partial charge in [0.15, 0.2) is 0 Å². The monoisotopic (exact) mass is 280 g/mol. The molecule has 0 saturated carbocycles. The molecule has 1 aliphatic rings. The van der Waals surface area contributed by atoms with Gasteiger partial charge in [-0.1, -0.05) is 0 Å². The molecule has 2 heterocycles. The normalized spacial score (nSPS) is 23.8. The van der Waals surface area contributed by atoms with E-state index in [1.54, 1.807) is 4.98 Å². The Kier molecular flexibility index (Phi) is 3.50. The first kappa shape index (κ1) is 13.8. The molecule has 1 saturated heterocycles. The average Bonchev–Trinajstić information content (AvgIpc) is 2.75. The number of aliphatic hydroxyl groups excluding tert-OH is 1. The van der Waals surface area contributed by atoms with Gasteiger partial charge in [-0.3, -0.25) is 14.3 Å². The SMILES string of the molecule is O=c1[nH]c(=O)n([C@H]2CC[C@H](CO)O2)cc1C(F)(F)F. The van der Waals surface area contributed by atoms with Crippen molar-refractivity contribution in [2.75, 3.05) is 6.61 Å². The number of H-pyrrole nitrogens is 1. The number of nitrogens with one attached hydrogen (secondary N) is 1. The molecule has 9 heteroatoms. The summed E-state index contributed by atoms with van der Waals surface area (Å²) in [5, 5.41) is 8.88. The predicted molar refractivity (Wildman–Crippen MR) is 56.6 cm³/mol. The maximum absolute atomic E-state index is 12.6. The number of ether oxygens (including phenoxy) is 1. The van der Waals surface area contributed by atoms with Gasteiger partial charge < -0.3 is 9.84 Å². The Morgan fingerprint density at radius 1 is 1.42 bits per heavy atom. The van der Waals surface area contributed by atoms with Gasteiger partial charge in [-0.15, -0.1) is 0 Å². The van der Waals surface area contributed by atoms with Gasteiger partial charge in [-0.25, -0.2) is 4.79 Å². The van der Waals surface area contributed by atoms with E-state index in [-0.39, 0.29) is 13.0 Å². The minimum atomic E-state index is -4.85. The van der Waals surface area contributed by atoms with Gasteiger partial charge >= 0.3 is 11.9 Å². The zero-order valence-corrected chi connectivity index (χ0v) is 9.61. The second-order valence-electron chi connectivity index (χ2n) is 4.18. The molecule has 0 aromatic carbocycles. The van der Waals surface area contributed by atoms with Gasteiger partial charge in [0.2, 0.25) is 0 Å². The lowest BCUT2D eigenvalue weighted by molar-refractivity contribution is -0.139. The fourth-order valence-electron chi connectivity index (χ4n) is 1.93. The van der Waals surface area contributed by atoms with Crippen molar-refractivity contribution in [3.63, 3.8) is 0 Å². The highest BCUT2D eigenvalue weighted by molar-refractivity contribution is 5.09. The number of halogens is 3. The molecule has 6 nitrogen and oxygen atoms in total. The third-order valence-corrected chi connectivity index (χ3v) is 2.87. The molecule has 1 aromatic heterocycles. The van der Waals surface area contributed by atoms with Crippen molar-refractivity contribution >= 4 is 0 Å². The van der Waals surface area contributed by atoms with Crippen molar-refractivity contribution in [3.8, 4) is 0 Å². The van der Waals surface area contributed by atoms with Crippen LogP contribution in [0.5, 0.6) is 0 Å². The Bertz CT molecular complexity index is 577. The third kappa shape index (κ3) is 2.71. The largest absolute Gasteiger partial charge is 0.423 e. The van der Waals surface area contributed by atoms with Crippen molar-refractivity contribution in [3.05, 3.63) is 32.6 Å². The molecular formula is C10H11F3N2O4. The number of rotatable bonds is 2. The molecule has 1 aliphatic heterocycles.